The van der Waals surface area contributed by atoms with E-state index in [0.29, 0.717) is 12.1 Å². The average molecular weight is 257 g/mol. The highest BCUT2D eigenvalue weighted by molar-refractivity contribution is 6.05. The van der Waals surface area contributed by atoms with E-state index in [4.69, 9.17) is 10.2 Å². The smallest absolute Gasteiger partial charge is 0.336 e. The highest BCUT2D eigenvalue weighted by atomic mass is 19.2. The number of hydrogen-bond donors (Lipinski definition) is 2. The predicted octanol–water partition coefficient (Wildman–Crippen LogP) is 0.480. The molecule has 1 amide bonds. The number of carbonyl (C=O) groups is 2. The minimum atomic E-state index is -1.52. The maximum absolute atomic E-state index is 13.1. The normalized spacial score (nSPS) is 15.4. The second-order valence-electron chi connectivity index (χ2n) is 3.98. The highest BCUT2D eigenvalue weighted by Gasteiger charge is 2.32. The number of carbonyl (C=O) groups excluding carboxylic acids is 1. The Morgan fingerprint density at radius 2 is 1.67 bits per heavy atom. The lowest BCUT2D eigenvalue weighted by atomic mass is 10.0. The van der Waals surface area contributed by atoms with Gasteiger partial charge in [-0.25, -0.2) is 13.6 Å². The van der Waals surface area contributed by atoms with Crippen molar-refractivity contribution in [3.8, 4) is 0 Å². The third-order valence-corrected chi connectivity index (χ3v) is 2.67. The van der Waals surface area contributed by atoms with E-state index in [1.165, 1.54) is 0 Å². The molecule has 1 heterocycles. The third-order valence-electron chi connectivity index (χ3n) is 2.67. The van der Waals surface area contributed by atoms with Crippen molar-refractivity contribution in [2.45, 2.75) is 6.10 Å². The zero-order valence-electron chi connectivity index (χ0n) is 9.06. The molecule has 0 atom stereocenters. The number of β-amino-alcohol motifs (C(OH)–C–C–N with tert-alkyl or cyclic N) is 1. The minimum Gasteiger partial charge on any atom is -0.478 e. The lowest BCUT2D eigenvalue weighted by molar-refractivity contribution is 0.00571. The number of nitrogens with zero attached hydrogens (tertiary/aromatic N) is 1. The number of aliphatic hydroxyl groups is 1. The topological polar surface area (TPSA) is 77.8 Å². The van der Waals surface area contributed by atoms with Crippen LogP contribution >= 0.6 is 0 Å². The number of carboxylic acids is 1. The number of carboxylic acid groups (broad SMARTS) is 1. The van der Waals surface area contributed by atoms with E-state index in [0.717, 1.165) is 4.90 Å². The van der Waals surface area contributed by atoms with E-state index in [1.807, 2.05) is 0 Å². The number of halogens is 2. The van der Waals surface area contributed by atoms with Crippen LogP contribution in [0.1, 0.15) is 20.7 Å². The van der Waals surface area contributed by atoms with Crippen LogP contribution < -0.4 is 0 Å². The van der Waals surface area contributed by atoms with E-state index in [2.05, 4.69) is 0 Å². The van der Waals surface area contributed by atoms with Crippen LogP contribution in [0.5, 0.6) is 0 Å². The average Bonchev–Trinajstić information content (AvgIpc) is 2.27. The highest BCUT2D eigenvalue weighted by Crippen LogP contribution is 2.20. The van der Waals surface area contributed by atoms with Gasteiger partial charge in [-0.15, -0.1) is 0 Å². The molecular formula is C11H9F2NO4. The number of amides is 1. The Kier molecular flexibility index (Phi) is 3.00. The summed E-state index contributed by atoms with van der Waals surface area (Å²) < 4.78 is 26.0. The molecule has 0 spiro atoms. The quantitative estimate of drug-likeness (QED) is 0.807. The molecule has 0 bridgehead atoms. The van der Waals surface area contributed by atoms with Gasteiger partial charge in [0.05, 0.1) is 17.2 Å². The fraction of sp³-hybridized carbons (Fsp3) is 0.273. The largest absolute Gasteiger partial charge is 0.478 e. The molecule has 2 rings (SSSR count). The molecule has 5 nitrogen and oxygen atoms in total. The number of rotatable bonds is 2. The summed E-state index contributed by atoms with van der Waals surface area (Å²) >= 11 is 0. The molecule has 1 aromatic carbocycles. The molecule has 1 aromatic rings. The Morgan fingerprint density at radius 1 is 1.17 bits per heavy atom. The van der Waals surface area contributed by atoms with Crippen LogP contribution in [0.4, 0.5) is 8.78 Å². The first-order valence-electron chi connectivity index (χ1n) is 5.10. The van der Waals surface area contributed by atoms with Crippen LogP contribution in [0, 0.1) is 11.6 Å². The number of likely N-dealkylation sites (tertiary alicyclic amines) is 1. The SMILES string of the molecule is O=C(O)c1cc(F)c(F)cc1C(=O)N1CC(O)C1. The predicted molar refractivity (Wildman–Crippen MR) is 55.2 cm³/mol. The van der Waals surface area contributed by atoms with Gasteiger partial charge in [-0.2, -0.15) is 0 Å². The number of hydrogen-bond acceptors (Lipinski definition) is 3. The van der Waals surface area contributed by atoms with E-state index >= 15 is 0 Å². The van der Waals surface area contributed by atoms with Gasteiger partial charge in [0.2, 0.25) is 0 Å². The Morgan fingerprint density at radius 3 is 2.11 bits per heavy atom. The zero-order chi connectivity index (χ0) is 13.4. The number of aliphatic hydroxyl groups excluding tert-OH is 1. The van der Waals surface area contributed by atoms with Gasteiger partial charge in [0.15, 0.2) is 11.6 Å². The summed E-state index contributed by atoms with van der Waals surface area (Å²) in [7, 11) is 0. The van der Waals surface area contributed by atoms with Crippen molar-refractivity contribution < 1.29 is 28.6 Å². The Hall–Kier alpha value is -2.02. The third kappa shape index (κ3) is 2.04. The van der Waals surface area contributed by atoms with Crippen LogP contribution in [0.2, 0.25) is 0 Å². The van der Waals surface area contributed by atoms with Crippen molar-refractivity contribution in [3.05, 3.63) is 34.9 Å². The van der Waals surface area contributed by atoms with Crippen LogP contribution in [0.3, 0.4) is 0 Å². The van der Waals surface area contributed by atoms with Gasteiger partial charge in [-0.1, -0.05) is 0 Å². The second kappa shape index (κ2) is 4.34. The second-order valence-corrected chi connectivity index (χ2v) is 3.98. The van der Waals surface area contributed by atoms with Gasteiger partial charge in [-0.05, 0) is 12.1 Å². The summed E-state index contributed by atoms with van der Waals surface area (Å²) in [4.78, 5) is 23.9. The summed E-state index contributed by atoms with van der Waals surface area (Å²) in [5.74, 6) is -4.87. The molecule has 96 valence electrons. The van der Waals surface area contributed by atoms with E-state index < -0.39 is 40.7 Å². The maximum Gasteiger partial charge on any atom is 0.336 e. The summed E-state index contributed by atoms with van der Waals surface area (Å²) in [5, 5.41) is 17.9. The molecule has 1 aliphatic rings. The van der Waals surface area contributed by atoms with Gasteiger partial charge < -0.3 is 15.1 Å². The number of benzene rings is 1. The molecule has 7 heteroatoms. The van der Waals surface area contributed by atoms with Crippen molar-refractivity contribution in [1.29, 1.82) is 0 Å². The van der Waals surface area contributed by atoms with Crippen molar-refractivity contribution in [2.75, 3.05) is 13.1 Å². The summed E-state index contributed by atoms with van der Waals surface area (Å²) in [5.41, 5.74) is -1.02. The zero-order valence-corrected chi connectivity index (χ0v) is 9.06. The fourth-order valence-electron chi connectivity index (χ4n) is 1.69. The first kappa shape index (κ1) is 12.4. The molecular weight excluding hydrogens is 248 g/mol. The van der Waals surface area contributed by atoms with Crippen molar-refractivity contribution >= 4 is 11.9 Å². The molecule has 1 aliphatic heterocycles. The minimum absolute atomic E-state index is 0.0525. The first-order chi connectivity index (χ1) is 8.40. The standard InChI is InChI=1S/C11H9F2NO4/c12-8-1-6(7(11(17)18)2-9(8)13)10(16)14-3-5(15)4-14/h1-2,5,15H,3-4H2,(H,17,18). The van der Waals surface area contributed by atoms with Crippen molar-refractivity contribution in [1.82, 2.24) is 4.90 Å². The molecule has 18 heavy (non-hydrogen) atoms. The Bertz CT molecular complexity index is 526. The van der Waals surface area contributed by atoms with Gasteiger partial charge in [0.1, 0.15) is 0 Å². The van der Waals surface area contributed by atoms with Gasteiger partial charge in [0, 0.05) is 13.1 Å². The summed E-state index contributed by atoms with van der Waals surface area (Å²) in [6.07, 6.45) is -0.660. The first-order valence-corrected chi connectivity index (χ1v) is 5.10. The molecule has 0 saturated carbocycles. The number of aromatic carboxylic acids is 1. The fourth-order valence-corrected chi connectivity index (χ4v) is 1.69. The molecule has 1 saturated heterocycles. The molecule has 0 unspecified atom stereocenters. The van der Waals surface area contributed by atoms with Crippen molar-refractivity contribution in [2.24, 2.45) is 0 Å². The van der Waals surface area contributed by atoms with Gasteiger partial charge in [0.25, 0.3) is 5.91 Å². The van der Waals surface area contributed by atoms with Crippen LogP contribution in [-0.2, 0) is 0 Å². The van der Waals surface area contributed by atoms with Gasteiger partial charge >= 0.3 is 5.97 Å². The van der Waals surface area contributed by atoms with Crippen LogP contribution in [-0.4, -0.2) is 46.2 Å². The van der Waals surface area contributed by atoms with Crippen molar-refractivity contribution in [3.63, 3.8) is 0 Å². The molecule has 0 aromatic heterocycles. The molecule has 1 fully saturated rings. The maximum atomic E-state index is 13.1. The lowest BCUT2D eigenvalue weighted by Crippen LogP contribution is -2.53. The van der Waals surface area contributed by atoms with E-state index in [-0.39, 0.29) is 13.1 Å². The summed E-state index contributed by atoms with van der Waals surface area (Å²) in [6, 6.07) is 1.03. The Labute approximate surface area is 100 Å². The molecule has 2 N–H and O–H groups in total. The Balaban J connectivity index is 2.39. The van der Waals surface area contributed by atoms with E-state index in [1.54, 1.807) is 0 Å². The van der Waals surface area contributed by atoms with Crippen LogP contribution in [0.15, 0.2) is 12.1 Å². The lowest BCUT2D eigenvalue weighted by Gasteiger charge is -2.36. The summed E-state index contributed by atoms with van der Waals surface area (Å²) in [6.45, 7) is 0.105. The monoisotopic (exact) mass is 257 g/mol. The van der Waals surface area contributed by atoms with Gasteiger partial charge in [-0.3, -0.25) is 4.79 Å². The molecule has 0 aliphatic carbocycles. The van der Waals surface area contributed by atoms with Crippen LogP contribution in [0.25, 0.3) is 0 Å². The molecule has 0 radical (unpaired) electrons. The van der Waals surface area contributed by atoms with E-state index in [9.17, 15) is 18.4 Å².